The molecule has 0 spiro atoms. The topological polar surface area (TPSA) is 57.0 Å². The van der Waals surface area contributed by atoms with E-state index in [-0.39, 0.29) is 28.2 Å². The maximum Gasteiger partial charge on any atom is 0.297 e. The van der Waals surface area contributed by atoms with Crippen LogP contribution in [0.1, 0.15) is 12.6 Å². The van der Waals surface area contributed by atoms with Gasteiger partial charge in [-0.25, -0.2) is 9.97 Å². The van der Waals surface area contributed by atoms with Gasteiger partial charge in [-0.05, 0) is 18.6 Å². The van der Waals surface area contributed by atoms with E-state index < -0.39 is 0 Å². The summed E-state index contributed by atoms with van der Waals surface area (Å²) in [5, 5.41) is 0.413. The van der Waals surface area contributed by atoms with Crippen molar-refractivity contribution in [2.45, 2.75) is 19.9 Å². The Bertz CT molecular complexity index is 789. The van der Waals surface area contributed by atoms with E-state index >= 15 is 0 Å². The summed E-state index contributed by atoms with van der Waals surface area (Å²) < 4.78 is 6.51. The van der Waals surface area contributed by atoms with E-state index in [1.807, 2.05) is 6.92 Å². The van der Waals surface area contributed by atoms with Gasteiger partial charge in [-0.1, -0.05) is 36.0 Å². The van der Waals surface area contributed by atoms with Gasteiger partial charge < -0.3 is 4.74 Å². The standard InChI is InChI=1S/C15H13Cl2N3O2/c1-4-6-20-14(9-7-11(16)19-12(17)8-9)18-10(5-2)13(22-3)15(20)21/h1,7-8H,5-6H2,2-3H3. The van der Waals surface area contributed by atoms with Crippen molar-refractivity contribution in [2.75, 3.05) is 7.11 Å². The molecule has 22 heavy (non-hydrogen) atoms. The molecule has 2 aromatic rings. The fourth-order valence-electron chi connectivity index (χ4n) is 2.08. The minimum Gasteiger partial charge on any atom is -0.490 e. The molecule has 0 aliphatic rings. The molecule has 0 bridgehead atoms. The molecule has 2 aromatic heterocycles. The van der Waals surface area contributed by atoms with E-state index in [2.05, 4.69) is 15.9 Å². The summed E-state index contributed by atoms with van der Waals surface area (Å²) in [5.41, 5.74) is 0.765. The van der Waals surface area contributed by atoms with Crippen molar-refractivity contribution in [2.24, 2.45) is 0 Å². The van der Waals surface area contributed by atoms with Gasteiger partial charge in [-0.2, -0.15) is 0 Å². The molecule has 7 heteroatoms. The Hall–Kier alpha value is -2.03. The lowest BCUT2D eigenvalue weighted by atomic mass is 10.2. The number of rotatable bonds is 4. The third-order valence-corrected chi connectivity index (χ3v) is 3.39. The van der Waals surface area contributed by atoms with Crippen molar-refractivity contribution >= 4 is 23.2 Å². The first-order chi connectivity index (χ1) is 10.5. The van der Waals surface area contributed by atoms with Crippen molar-refractivity contribution in [3.63, 3.8) is 0 Å². The molecule has 0 aliphatic carbocycles. The first-order valence-corrected chi connectivity index (χ1v) is 7.22. The van der Waals surface area contributed by atoms with Crippen LogP contribution in [-0.2, 0) is 13.0 Å². The molecule has 0 amide bonds. The largest absolute Gasteiger partial charge is 0.490 e. The third-order valence-electron chi connectivity index (χ3n) is 3.01. The van der Waals surface area contributed by atoms with Crippen LogP contribution in [-0.4, -0.2) is 21.6 Å². The average Bonchev–Trinajstić information content (AvgIpc) is 2.47. The van der Waals surface area contributed by atoms with E-state index in [1.54, 1.807) is 12.1 Å². The van der Waals surface area contributed by atoms with Gasteiger partial charge in [0, 0.05) is 5.56 Å². The predicted octanol–water partition coefficient (Wildman–Crippen LogP) is 2.82. The fourth-order valence-corrected chi connectivity index (χ4v) is 2.54. The van der Waals surface area contributed by atoms with E-state index in [9.17, 15) is 4.79 Å². The minimum atomic E-state index is -0.341. The number of terminal acetylenes is 1. The number of hydrogen-bond acceptors (Lipinski definition) is 4. The van der Waals surface area contributed by atoms with Crippen LogP contribution < -0.4 is 10.3 Å². The summed E-state index contributed by atoms with van der Waals surface area (Å²) in [6.45, 7) is 1.94. The summed E-state index contributed by atoms with van der Waals surface area (Å²) in [7, 11) is 1.43. The Kier molecular flexibility index (Phi) is 5.07. The van der Waals surface area contributed by atoms with Gasteiger partial charge in [0.15, 0.2) is 0 Å². The van der Waals surface area contributed by atoms with Crippen LogP contribution in [0.5, 0.6) is 5.75 Å². The summed E-state index contributed by atoms with van der Waals surface area (Å²) in [6.07, 6.45) is 5.89. The molecular weight excluding hydrogens is 325 g/mol. The maximum atomic E-state index is 12.6. The number of hydrogen-bond donors (Lipinski definition) is 0. The Morgan fingerprint density at radius 3 is 2.45 bits per heavy atom. The Morgan fingerprint density at radius 1 is 1.32 bits per heavy atom. The van der Waals surface area contributed by atoms with Crippen LogP contribution >= 0.6 is 23.2 Å². The molecular formula is C15H13Cl2N3O2. The number of nitrogens with zero attached hydrogens (tertiary/aromatic N) is 3. The zero-order valence-corrected chi connectivity index (χ0v) is 13.6. The lowest BCUT2D eigenvalue weighted by Crippen LogP contribution is -2.26. The van der Waals surface area contributed by atoms with Crippen molar-refractivity contribution in [1.82, 2.24) is 14.5 Å². The SMILES string of the molecule is C#CCn1c(-c2cc(Cl)nc(Cl)c2)nc(CC)c(OC)c1=O. The monoisotopic (exact) mass is 337 g/mol. The molecule has 0 atom stereocenters. The second-order valence-electron chi connectivity index (χ2n) is 4.37. The molecule has 0 fully saturated rings. The van der Waals surface area contributed by atoms with Crippen molar-refractivity contribution in [1.29, 1.82) is 0 Å². The van der Waals surface area contributed by atoms with Crippen LogP contribution in [0, 0.1) is 12.3 Å². The van der Waals surface area contributed by atoms with Crippen molar-refractivity contribution in [3.8, 4) is 29.5 Å². The Labute approximate surface area is 137 Å². The van der Waals surface area contributed by atoms with Gasteiger partial charge in [0.05, 0.1) is 19.3 Å². The van der Waals surface area contributed by atoms with Crippen LogP contribution in [0.4, 0.5) is 0 Å². The van der Waals surface area contributed by atoms with E-state index in [1.165, 1.54) is 11.7 Å². The summed E-state index contributed by atoms with van der Waals surface area (Å²) in [6, 6.07) is 3.16. The van der Waals surface area contributed by atoms with Crippen molar-refractivity contribution < 1.29 is 4.74 Å². The van der Waals surface area contributed by atoms with Gasteiger partial charge in [0.25, 0.3) is 5.56 Å². The first kappa shape index (κ1) is 16.3. The highest BCUT2D eigenvalue weighted by Gasteiger charge is 2.17. The normalized spacial score (nSPS) is 10.3. The summed E-state index contributed by atoms with van der Waals surface area (Å²) in [4.78, 5) is 20.9. The second-order valence-corrected chi connectivity index (χ2v) is 5.14. The number of ether oxygens (including phenoxy) is 1. The number of aryl methyl sites for hydroxylation is 1. The molecule has 2 rings (SSSR count). The summed E-state index contributed by atoms with van der Waals surface area (Å²) in [5.74, 6) is 3.01. The zero-order valence-electron chi connectivity index (χ0n) is 12.1. The van der Waals surface area contributed by atoms with E-state index in [0.29, 0.717) is 23.5 Å². The first-order valence-electron chi connectivity index (χ1n) is 6.46. The van der Waals surface area contributed by atoms with E-state index in [0.717, 1.165) is 0 Å². The molecule has 0 N–H and O–H groups in total. The molecule has 0 radical (unpaired) electrons. The highest BCUT2D eigenvalue weighted by atomic mass is 35.5. The van der Waals surface area contributed by atoms with Gasteiger partial charge >= 0.3 is 0 Å². The minimum absolute atomic E-state index is 0.0546. The van der Waals surface area contributed by atoms with Crippen LogP contribution in [0.2, 0.25) is 10.3 Å². The average molecular weight is 338 g/mol. The van der Waals surface area contributed by atoms with Gasteiger partial charge in [-0.3, -0.25) is 9.36 Å². The number of halogens is 2. The lowest BCUT2D eigenvalue weighted by molar-refractivity contribution is 0.395. The Morgan fingerprint density at radius 2 is 1.95 bits per heavy atom. The fraction of sp³-hybridized carbons (Fsp3) is 0.267. The van der Waals surface area contributed by atoms with Crippen molar-refractivity contribution in [3.05, 3.63) is 38.5 Å². The summed E-state index contributed by atoms with van der Waals surface area (Å²) >= 11 is 11.9. The molecule has 5 nitrogen and oxygen atoms in total. The van der Waals surface area contributed by atoms with Gasteiger partial charge in [-0.15, -0.1) is 6.42 Å². The number of pyridine rings is 1. The molecule has 0 aliphatic heterocycles. The van der Waals surface area contributed by atoms with Crippen LogP contribution in [0.25, 0.3) is 11.4 Å². The molecule has 2 heterocycles. The predicted molar refractivity (Wildman–Crippen MR) is 86.5 cm³/mol. The van der Waals surface area contributed by atoms with Crippen LogP contribution in [0.15, 0.2) is 16.9 Å². The molecule has 0 aromatic carbocycles. The molecule has 0 saturated heterocycles. The van der Waals surface area contributed by atoms with E-state index in [4.69, 9.17) is 34.4 Å². The second kappa shape index (κ2) is 6.82. The Balaban J connectivity index is 2.81. The van der Waals surface area contributed by atoms with Crippen LogP contribution in [0.3, 0.4) is 0 Å². The number of aromatic nitrogens is 3. The highest BCUT2D eigenvalue weighted by molar-refractivity contribution is 6.32. The number of methoxy groups -OCH3 is 1. The molecule has 0 unspecified atom stereocenters. The quantitative estimate of drug-likeness (QED) is 0.635. The van der Waals surface area contributed by atoms with Gasteiger partial charge in [0.1, 0.15) is 16.1 Å². The molecule has 114 valence electrons. The highest BCUT2D eigenvalue weighted by Crippen LogP contribution is 2.25. The third kappa shape index (κ3) is 3.08. The van der Waals surface area contributed by atoms with Gasteiger partial charge in [0.2, 0.25) is 5.75 Å². The smallest absolute Gasteiger partial charge is 0.297 e. The maximum absolute atomic E-state index is 12.6. The zero-order chi connectivity index (χ0) is 16.3. The molecule has 0 saturated carbocycles. The lowest BCUT2D eigenvalue weighted by Gasteiger charge is -2.14.